The van der Waals surface area contributed by atoms with E-state index < -0.39 is 0 Å². The van der Waals surface area contributed by atoms with Crippen LogP contribution in [0.2, 0.25) is 0 Å². The van der Waals surface area contributed by atoms with Gasteiger partial charge in [-0.15, -0.1) is 10.2 Å². The number of aromatic nitrogens is 2. The second kappa shape index (κ2) is 10.5. The van der Waals surface area contributed by atoms with Gasteiger partial charge in [0.15, 0.2) is 0 Å². The Morgan fingerprint density at radius 3 is 2.67 bits per heavy atom. The molecule has 0 unspecified atom stereocenters. The van der Waals surface area contributed by atoms with Crippen molar-refractivity contribution in [2.45, 2.75) is 26.3 Å². The molecule has 0 aliphatic heterocycles. The SMILES string of the molecule is Cc1nnc(-c2cccc(NC(=O)NCCCCN(C)Cc3ccc(F)cc3)c2)o1. The Kier molecular flexibility index (Phi) is 7.51. The van der Waals surface area contributed by atoms with Crippen LogP contribution in [0.3, 0.4) is 0 Å². The molecule has 0 aliphatic rings. The van der Waals surface area contributed by atoms with Crippen molar-refractivity contribution in [1.29, 1.82) is 0 Å². The Bertz CT molecular complexity index is 958. The Morgan fingerprint density at radius 2 is 1.93 bits per heavy atom. The zero-order chi connectivity index (χ0) is 21.3. The summed E-state index contributed by atoms with van der Waals surface area (Å²) in [5, 5.41) is 13.5. The molecule has 3 aromatic rings. The van der Waals surface area contributed by atoms with E-state index >= 15 is 0 Å². The fourth-order valence-electron chi connectivity index (χ4n) is 3.01. The highest BCUT2D eigenvalue weighted by molar-refractivity contribution is 5.89. The number of nitrogens with zero attached hydrogens (tertiary/aromatic N) is 3. The van der Waals surface area contributed by atoms with Crippen LogP contribution < -0.4 is 10.6 Å². The second-order valence-electron chi connectivity index (χ2n) is 7.16. The van der Waals surface area contributed by atoms with Gasteiger partial charge in [-0.1, -0.05) is 18.2 Å². The molecule has 1 heterocycles. The third kappa shape index (κ3) is 6.66. The summed E-state index contributed by atoms with van der Waals surface area (Å²) in [4.78, 5) is 14.3. The fraction of sp³-hybridized carbons (Fsp3) is 0.318. The number of benzene rings is 2. The van der Waals surface area contributed by atoms with Gasteiger partial charge in [-0.05, 0) is 62.3 Å². The zero-order valence-electron chi connectivity index (χ0n) is 17.2. The van der Waals surface area contributed by atoms with Crippen molar-refractivity contribution >= 4 is 11.7 Å². The first-order valence-corrected chi connectivity index (χ1v) is 9.88. The Labute approximate surface area is 175 Å². The van der Waals surface area contributed by atoms with E-state index in [0.717, 1.165) is 37.1 Å². The summed E-state index contributed by atoms with van der Waals surface area (Å²) in [7, 11) is 2.03. The predicted octanol–water partition coefficient (Wildman–Crippen LogP) is 4.22. The number of rotatable bonds is 9. The van der Waals surface area contributed by atoms with E-state index in [9.17, 15) is 9.18 Å². The van der Waals surface area contributed by atoms with Crippen LogP contribution in [0.4, 0.5) is 14.9 Å². The van der Waals surface area contributed by atoms with Gasteiger partial charge in [0.05, 0.1) is 0 Å². The van der Waals surface area contributed by atoms with Crippen LogP contribution in [0, 0.1) is 12.7 Å². The molecular formula is C22H26FN5O2. The summed E-state index contributed by atoms with van der Waals surface area (Å²) in [6, 6.07) is 13.6. The van der Waals surface area contributed by atoms with Gasteiger partial charge in [0.25, 0.3) is 0 Å². The summed E-state index contributed by atoms with van der Waals surface area (Å²) in [6.07, 6.45) is 1.81. The highest BCUT2D eigenvalue weighted by Crippen LogP contribution is 2.21. The van der Waals surface area contributed by atoms with Gasteiger partial charge in [-0.2, -0.15) is 0 Å². The average Bonchev–Trinajstić information content (AvgIpc) is 3.16. The van der Waals surface area contributed by atoms with Crippen LogP contribution in [-0.4, -0.2) is 41.3 Å². The molecule has 30 heavy (non-hydrogen) atoms. The van der Waals surface area contributed by atoms with Crippen molar-refractivity contribution in [3.05, 3.63) is 65.8 Å². The van der Waals surface area contributed by atoms with E-state index in [1.165, 1.54) is 12.1 Å². The third-order valence-corrected chi connectivity index (χ3v) is 4.51. The third-order valence-electron chi connectivity index (χ3n) is 4.51. The van der Waals surface area contributed by atoms with E-state index in [1.54, 1.807) is 31.2 Å². The first-order valence-electron chi connectivity index (χ1n) is 9.88. The molecule has 3 rings (SSSR count). The second-order valence-corrected chi connectivity index (χ2v) is 7.16. The summed E-state index contributed by atoms with van der Waals surface area (Å²) >= 11 is 0. The number of hydrogen-bond donors (Lipinski definition) is 2. The van der Waals surface area contributed by atoms with Crippen LogP contribution in [0.25, 0.3) is 11.5 Å². The minimum Gasteiger partial charge on any atom is -0.421 e. The van der Waals surface area contributed by atoms with E-state index in [0.29, 0.717) is 24.0 Å². The number of hydrogen-bond acceptors (Lipinski definition) is 5. The summed E-state index contributed by atoms with van der Waals surface area (Å²) < 4.78 is 18.4. The normalized spacial score (nSPS) is 10.9. The molecule has 0 spiro atoms. The van der Waals surface area contributed by atoms with Gasteiger partial charge in [0, 0.05) is 31.3 Å². The van der Waals surface area contributed by atoms with Gasteiger partial charge in [0.1, 0.15) is 5.82 Å². The smallest absolute Gasteiger partial charge is 0.319 e. The van der Waals surface area contributed by atoms with E-state index in [-0.39, 0.29) is 11.8 Å². The molecule has 2 amide bonds. The molecule has 8 heteroatoms. The van der Waals surface area contributed by atoms with Gasteiger partial charge < -0.3 is 20.0 Å². The largest absolute Gasteiger partial charge is 0.421 e. The number of carbonyl (C=O) groups excluding carboxylic acids is 1. The average molecular weight is 411 g/mol. The maximum Gasteiger partial charge on any atom is 0.319 e. The number of amides is 2. The van der Waals surface area contributed by atoms with E-state index in [4.69, 9.17) is 4.42 Å². The molecule has 1 aromatic heterocycles. The number of unbranched alkanes of at least 4 members (excludes halogenated alkanes) is 1. The van der Waals surface area contributed by atoms with Crippen LogP contribution >= 0.6 is 0 Å². The zero-order valence-corrected chi connectivity index (χ0v) is 17.2. The number of anilines is 1. The molecule has 0 fully saturated rings. The van der Waals surface area contributed by atoms with Crippen molar-refractivity contribution in [2.75, 3.05) is 25.5 Å². The number of aryl methyl sites for hydroxylation is 1. The molecule has 2 aromatic carbocycles. The molecule has 0 aliphatic carbocycles. The van der Waals surface area contributed by atoms with Gasteiger partial charge in [-0.25, -0.2) is 9.18 Å². The van der Waals surface area contributed by atoms with E-state index in [2.05, 4.69) is 25.7 Å². The lowest BCUT2D eigenvalue weighted by molar-refractivity contribution is 0.251. The molecule has 0 bridgehead atoms. The summed E-state index contributed by atoms with van der Waals surface area (Å²) in [5.74, 6) is 0.688. The molecular weight excluding hydrogens is 385 g/mol. The number of carbonyl (C=O) groups is 1. The quantitative estimate of drug-likeness (QED) is 0.515. The lowest BCUT2D eigenvalue weighted by Crippen LogP contribution is -2.30. The highest BCUT2D eigenvalue weighted by atomic mass is 19.1. The first kappa shape index (κ1) is 21.4. The minimum absolute atomic E-state index is 0.220. The predicted molar refractivity (Wildman–Crippen MR) is 113 cm³/mol. The molecule has 0 radical (unpaired) electrons. The van der Waals surface area contributed by atoms with Gasteiger partial charge >= 0.3 is 6.03 Å². The van der Waals surface area contributed by atoms with Crippen LogP contribution in [0.1, 0.15) is 24.3 Å². The van der Waals surface area contributed by atoms with Gasteiger partial charge in [0.2, 0.25) is 11.8 Å². The number of nitrogens with one attached hydrogen (secondary N) is 2. The number of urea groups is 1. The van der Waals surface area contributed by atoms with Crippen LogP contribution in [-0.2, 0) is 6.54 Å². The van der Waals surface area contributed by atoms with E-state index in [1.807, 2.05) is 19.2 Å². The highest BCUT2D eigenvalue weighted by Gasteiger charge is 2.08. The van der Waals surface area contributed by atoms with Crippen LogP contribution in [0.5, 0.6) is 0 Å². The van der Waals surface area contributed by atoms with Crippen molar-refractivity contribution in [1.82, 2.24) is 20.4 Å². The van der Waals surface area contributed by atoms with Gasteiger partial charge in [-0.3, -0.25) is 0 Å². The lowest BCUT2D eigenvalue weighted by Gasteiger charge is -2.16. The van der Waals surface area contributed by atoms with Crippen molar-refractivity contribution in [3.8, 4) is 11.5 Å². The molecule has 2 N–H and O–H groups in total. The Balaban J connectivity index is 1.34. The number of halogens is 1. The molecule has 0 atom stereocenters. The minimum atomic E-state index is -0.256. The van der Waals surface area contributed by atoms with Crippen molar-refractivity contribution in [3.63, 3.8) is 0 Å². The van der Waals surface area contributed by atoms with Crippen molar-refractivity contribution < 1.29 is 13.6 Å². The first-order chi connectivity index (χ1) is 14.5. The molecule has 0 saturated heterocycles. The maximum atomic E-state index is 13.0. The summed E-state index contributed by atoms with van der Waals surface area (Å²) in [6.45, 7) is 3.97. The monoisotopic (exact) mass is 411 g/mol. The Hall–Kier alpha value is -3.26. The van der Waals surface area contributed by atoms with Crippen molar-refractivity contribution in [2.24, 2.45) is 0 Å². The maximum absolute atomic E-state index is 13.0. The summed E-state index contributed by atoms with van der Waals surface area (Å²) in [5.41, 5.74) is 2.48. The molecule has 158 valence electrons. The Morgan fingerprint density at radius 1 is 1.13 bits per heavy atom. The molecule has 0 saturated carbocycles. The topological polar surface area (TPSA) is 83.3 Å². The standard InChI is InChI=1S/C22H26FN5O2/c1-16-26-27-21(30-16)18-6-5-7-20(14-18)25-22(29)24-12-3-4-13-28(2)15-17-8-10-19(23)11-9-17/h5-11,14H,3-4,12-13,15H2,1-2H3,(H2,24,25,29). The molecule has 7 nitrogen and oxygen atoms in total. The van der Waals surface area contributed by atoms with Crippen LogP contribution in [0.15, 0.2) is 52.9 Å². The lowest BCUT2D eigenvalue weighted by atomic mass is 10.2. The fourth-order valence-corrected chi connectivity index (χ4v) is 3.01.